The van der Waals surface area contributed by atoms with Gasteiger partial charge in [-0.2, -0.15) is 0 Å². The second-order valence-corrected chi connectivity index (χ2v) is 7.62. The van der Waals surface area contributed by atoms with Crippen LogP contribution in [0.5, 0.6) is 0 Å². The highest BCUT2D eigenvalue weighted by molar-refractivity contribution is 7.22. The lowest BCUT2D eigenvalue weighted by molar-refractivity contribution is -0.118. The van der Waals surface area contributed by atoms with E-state index in [0.717, 1.165) is 10.3 Å². The number of hydrogen-bond acceptors (Lipinski definition) is 4. The minimum atomic E-state index is -0.379. The Balaban J connectivity index is 1.91. The van der Waals surface area contributed by atoms with Crippen LogP contribution in [0, 0.1) is 5.82 Å². The molecule has 3 rings (SSSR count). The van der Waals surface area contributed by atoms with Crippen molar-refractivity contribution in [2.75, 3.05) is 32.1 Å². The van der Waals surface area contributed by atoms with Crippen molar-refractivity contribution in [2.45, 2.75) is 6.42 Å². The molecule has 7 heteroatoms. The largest absolute Gasteiger partial charge is 0.308 e. The van der Waals surface area contributed by atoms with Gasteiger partial charge in [0.05, 0.1) is 11.1 Å². The van der Waals surface area contributed by atoms with Crippen molar-refractivity contribution in [3.63, 3.8) is 0 Å². The van der Waals surface area contributed by atoms with Crippen LogP contribution in [0.15, 0.2) is 42.5 Å². The molecule has 26 heavy (non-hydrogen) atoms. The number of carbonyl (C=O) groups is 1. The number of aromatic nitrogens is 1. The van der Waals surface area contributed by atoms with Crippen molar-refractivity contribution in [1.82, 2.24) is 9.88 Å². The molecular formula is C19H19ClFN3OS. The maximum atomic E-state index is 14.0. The third-order valence-electron chi connectivity index (χ3n) is 3.96. The first-order chi connectivity index (χ1) is 12.5. The van der Waals surface area contributed by atoms with Gasteiger partial charge < -0.3 is 4.90 Å². The fourth-order valence-corrected chi connectivity index (χ4v) is 3.77. The molecule has 136 valence electrons. The molecule has 0 atom stereocenters. The molecular weight excluding hydrogens is 373 g/mol. The van der Waals surface area contributed by atoms with Crippen molar-refractivity contribution in [3.8, 4) is 0 Å². The zero-order valence-electron chi connectivity index (χ0n) is 14.6. The van der Waals surface area contributed by atoms with Gasteiger partial charge in [-0.1, -0.05) is 47.2 Å². The molecule has 0 bridgehead atoms. The van der Waals surface area contributed by atoms with Crippen LogP contribution >= 0.6 is 22.9 Å². The summed E-state index contributed by atoms with van der Waals surface area (Å²) in [5.74, 6) is -0.490. The Labute approximate surface area is 160 Å². The Morgan fingerprint density at radius 2 is 1.92 bits per heavy atom. The lowest BCUT2D eigenvalue weighted by Crippen LogP contribution is -2.37. The van der Waals surface area contributed by atoms with Gasteiger partial charge in [-0.25, -0.2) is 9.37 Å². The number of hydrogen-bond donors (Lipinski definition) is 0. The molecule has 1 aromatic heterocycles. The number of thiazole rings is 1. The third-order valence-corrected chi connectivity index (χ3v) is 5.37. The Bertz CT molecular complexity index is 928. The second kappa shape index (κ2) is 8.12. The van der Waals surface area contributed by atoms with Crippen LogP contribution in [0.1, 0.15) is 5.56 Å². The summed E-state index contributed by atoms with van der Waals surface area (Å²) >= 11 is 7.51. The summed E-state index contributed by atoms with van der Waals surface area (Å²) in [5, 5.41) is 1.06. The molecule has 0 fully saturated rings. The molecule has 0 aliphatic heterocycles. The number of anilines is 1. The van der Waals surface area contributed by atoms with Gasteiger partial charge in [0.15, 0.2) is 5.13 Å². The molecule has 0 spiro atoms. The number of benzene rings is 2. The normalized spacial score (nSPS) is 11.3. The number of para-hydroxylation sites is 1. The zero-order chi connectivity index (χ0) is 18.7. The van der Waals surface area contributed by atoms with Crippen molar-refractivity contribution in [1.29, 1.82) is 0 Å². The minimum absolute atomic E-state index is 0.112. The number of likely N-dealkylation sites (N-methyl/N-ethyl adjacent to an activating group) is 1. The predicted octanol–water partition coefficient (Wildman–Crippen LogP) is 4.23. The molecule has 1 amide bonds. The lowest BCUT2D eigenvalue weighted by atomic mass is 10.1. The topological polar surface area (TPSA) is 36.4 Å². The quantitative estimate of drug-likeness (QED) is 0.631. The molecule has 0 aliphatic carbocycles. The van der Waals surface area contributed by atoms with E-state index in [-0.39, 0.29) is 18.1 Å². The summed E-state index contributed by atoms with van der Waals surface area (Å²) in [5.41, 5.74) is 1.06. The summed E-state index contributed by atoms with van der Waals surface area (Å²) < 4.78 is 14.7. The molecule has 0 N–H and O–H groups in total. The van der Waals surface area contributed by atoms with E-state index in [1.165, 1.54) is 17.4 Å². The van der Waals surface area contributed by atoms with Crippen molar-refractivity contribution < 1.29 is 9.18 Å². The molecule has 4 nitrogen and oxygen atoms in total. The van der Waals surface area contributed by atoms with E-state index < -0.39 is 0 Å². The van der Waals surface area contributed by atoms with Gasteiger partial charge in [-0.3, -0.25) is 9.69 Å². The van der Waals surface area contributed by atoms with E-state index in [1.54, 1.807) is 17.0 Å². The molecule has 0 radical (unpaired) electrons. The summed E-state index contributed by atoms with van der Waals surface area (Å²) in [6.07, 6.45) is 0.172. The lowest BCUT2D eigenvalue weighted by Gasteiger charge is -2.22. The fraction of sp³-hybridized carbons (Fsp3) is 0.263. The monoisotopic (exact) mass is 391 g/mol. The Hall–Kier alpha value is -2.02. The number of carbonyl (C=O) groups excluding carboxylic acids is 1. The molecule has 0 unspecified atom stereocenters. The molecule has 0 saturated carbocycles. The van der Waals surface area contributed by atoms with Crippen LogP contribution in [-0.2, 0) is 11.2 Å². The van der Waals surface area contributed by atoms with E-state index in [0.29, 0.717) is 28.8 Å². The van der Waals surface area contributed by atoms with Crippen LogP contribution in [0.2, 0.25) is 5.02 Å². The maximum Gasteiger partial charge on any atom is 0.233 e. The third kappa shape index (κ3) is 4.20. The average molecular weight is 392 g/mol. The van der Waals surface area contributed by atoms with E-state index in [9.17, 15) is 9.18 Å². The smallest absolute Gasteiger partial charge is 0.233 e. The van der Waals surface area contributed by atoms with Gasteiger partial charge in [0, 0.05) is 18.1 Å². The zero-order valence-corrected chi connectivity index (χ0v) is 16.1. The van der Waals surface area contributed by atoms with Crippen molar-refractivity contribution in [3.05, 3.63) is 58.9 Å². The fourth-order valence-electron chi connectivity index (χ4n) is 2.55. The minimum Gasteiger partial charge on any atom is -0.308 e. The molecule has 3 aromatic rings. The van der Waals surface area contributed by atoms with Crippen LogP contribution in [0.4, 0.5) is 9.52 Å². The standard InChI is InChI=1S/C19H19ClFN3OS/c1-23(2)10-11-24(17(25)12-13-6-3-4-7-14(13)20)19-22-18-15(21)8-5-9-16(18)26-19/h3-9H,10-12H2,1-2H3. The van der Waals surface area contributed by atoms with E-state index in [2.05, 4.69) is 4.98 Å². The molecule has 0 aliphatic rings. The number of amides is 1. The average Bonchev–Trinajstić information content (AvgIpc) is 3.02. The number of fused-ring (bicyclic) bond motifs is 1. The number of halogens is 2. The van der Waals surface area contributed by atoms with Gasteiger partial charge in [0.1, 0.15) is 11.3 Å². The summed E-state index contributed by atoms with van der Waals surface area (Å²) in [6, 6.07) is 12.1. The Kier molecular flexibility index (Phi) is 5.86. The SMILES string of the molecule is CN(C)CCN(C(=O)Cc1ccccc1Cl)c1nc2c(F)cccc2s1. The second-order valence-electron chi connectivity index (χ2n) is 6.20. The number of rotatable bonds is 6. The predicted molar refractivity (Wildman–Crippen MR) is 106 cm³/mol. The maximum absolute atomic E-state index is 14.0. The summed E-state index contributed by atoms with van der Waals surface area (Å²) in [4.78, 5) is 20.9. The van der Waals surface area contributed by atoms with Crippen LogP contribution < -0.4 is 4.90 Å². The van der Waals surface area contributed by atoms with Gasteiger partial charge in [-0.05, 0) is 37.9 Å². The highest BCUT2D eigenvalue weighted by atomic mass is 35.5. The molecule has 2 aromatic carbocycles. The van der Waals surface area contributed by atoms with E-state index >= 15 is 0 Å². The van der Waals surface area contributed by atoms with Crippen molar-refractivity contribution >= 4 is 44.2 Å². The first kappa shape index (κ1) is 18.8. The Morgan fingerprint density at radius 3 is 2.62 bits per heavy atom. The van der Waals surface area contributed by atoms with E-state index in [1.807, 2.05) is 43.3 Å². The van der Waals surface area contributed by atoms with Crippen LogP contribution in [0.3, 0.4) is 0 Å². The Morgan fingerprint density at radius 1 is 1.15 bits per heavy atom. The number of nitrogens with zero attached hydrogens (tertiary/aromatic N) is 3. The molecule has 0 saturated heterocycles. The van der Waals surface area contributed by atoms with Crippen LogP contribution in [0.25, 0.3) is 10.2 Å². The molecule has 1 heterocycles. The van der Waals surface area contributed by atoms with Gasteiger partial charge >= 0.3 is 0 Å². The highest BCUT2D eigenvalue weighted by Crippen LogP contribution is 2.31. The highest BCUT2D eigenvalue weighted by Gasteiger charge is 2.21. The van der Waals surface area contributed by atoms with Gasteiger partial charge in [0.25, 0.3) is 0 Å². The van der Waals surface area contributed by atoms with Crippen LogP contribution in [-0.4, -0.2) is 43.0 Å². The first-order valence-corrected chi connectivity index (χ1v) is 9.38. The van der Waals surface area contributed by atoms with Gasteiger partial charge in [-0.15, -0.1) is 0 Å². The van der Waals surface area contributed by atoms with E-state index in [4.69, 9.17) is 11.6 Å². The summed E-state index contributed by atoms with van der Waals surface area (Å²) in [6.45, 7) is 1.14. The first-order valence-electron chi connectivity index (χ1n) is 8.19. The van der Waals surface area contributed by atoms with Crippen molar-refractivity contribution in [2.24, 2.45) is 0 Å². The van der Waals surface area contributed by atoms with Gasteiger partial charge in [0.2, 0.25) is 5.91 Å². The summed E-state index contributed by atoms with van der Waals surface area (Å²) in [7, 11) is 3.88.